The summed E-state index contributed by atoms with van der Waals surface area (Å²) in [6.07, 6.45) is 3.07. The Morgan fingerprint density at radius 2 is 1.88 bits per heavy atom. The lowest BCUT2D eigenvalue weighted by Crippen LogP contribution is -2.52. The molecule has 1 amide bonds. The molecule has 1 aliphatic heterocycles. The molecule has 0 spiro atoms. The van der Waals surface area contributed by atoms with Crippen LogP contribution in [0.5, 0.6) is 0 Å². The first-order valence-corrected chi connectivity index (χ1v) is 11.3. The third kappa shape index (κ3) is 9.06. The summed E-state index contributed by atoms with van der Waals surface area (Å²) in [6.45, 7) is -0.635. The monoisotopic (exact) mass is 476 g/mol. The van der Waals surface area contributed by atoms with Gasteiger partial charge in [-0.25, -0.2) is 27.9 Å². The molecule has 1 aromatic carbocycles. The third-order valence-electron chi connectivity index (χ3n) is 4.35. The predicted molar refractivity (Wildman–Crippen MR) is 109 cm³/mol. The van der Waals surface area contributed by atoms with Crippen molar-refractivity contribution < 1.29 is 35.7 Å². The van der Waals surface area contributed by atoms with Crippen molar-refractivity contribution in [2.24, 2.45) is 5.92 Å². The first kappa shape index (κ1) is 25.3. The number of rotatable bonds is 5. The predicted octanol–water partition coefficient (Wildman–Crippen LogP) is 2.83. The van der Waals surface area contributed by atoms with Crippen LogP contribution in [0.3, 0.4) is 0 Å². The topological polar surface area (TPSA) is 122 Å². The minimum Gasteiger partial charge on any atom is -0.445 e. The van der Waals surface area contributed by atoms with Crippen LogP contribution >= 0.6 is 0 Å². The molecule has 2 heterocycles. The number of hydrogen-bond donors (Lipinski definition) is 2. The number of carbonyl (C=O) groups is 1. The second-order valence-electron chi connectivity index (χ2n) is 7.04. The van der Waals surface area contributed by atoms with E-state index in [1.54, 1.807) is 6.07 Å². The molecular formula is C19H23F3N4O5S. The molecule has 1 atom stereocenters. The molecule has 1 fully saturated rings. The number of ether oxygens (including phenoxy) is 1. The number of carbonyl (C=O) groups excluding carboxylic acids is 1. The van der Waals surface area contributed by atoms with E-state index in [0.29, 0.717) is 11.8 Å². The standard InChI is InChI=1S/C18H19F3N4O2.CH4O3S/c19-15-4-2-13(3-5-15)11-27-17(26)25-9-6-14(18(20,21)12-25)10-24-16-22-7-1-8-23-16;1-5(2,3)4/h1-5,7-8,14H,6,9-12H2,(H,22,23,24);1H3,(H,2,3,4). The number of aromatic nitrogens is 2. The number of likely N-dealkylation sites (tertiary alicyclic amines) is 1. The number of alkyl halides is 2. The van der Waals surface area contributed by atoms with Crippen LogP contribution in [0.15, 0.2) is 42.7 Å². The lowest BCUT2D eigenvalue weighted by molar-refractivity contribution is -0.102. The Morgan fingerprint density at radius 1 is 1.28 bits per heavy atom. The van der Waals surface area contributed by atoms with Gasteiger partial charge in [-0.05, 0) is 30.2 Å². The van der Waals surface area contributed by atoms with Crippen molar-refractivity contribution in [1.29, 1.82) is 0 Å². The molecule has 176 valence electrons. The number of benzene rings is 1. The fraction of sp³-hybridized carbons (Fsp3) is 0.421. The van der Waals surface area contributed by atoms with Gasteiger partial charge in [0.15, 0.2) is 0 Å². The van der Waals surface area contributed by atoms with Gasteiger partial charge in [0.1, 0.15) is 12.4 Å². The van der Waals surface area contributed by atoms with Crippen molar-refractivity contribution in [3.05, 3.63) is 54.1 Å². The van der Waals surface area contributed by atoms with Gasteiger partial charge in [-0.15, -0.1) is 0 Å². The number of piperidine rings is 1. The lowest BCUT2D eigenvalue weighted by Gasteiger charge is -2.37. The maximum absolute atomic E-state index is 14.4. The van der Waals surface area contributed by atoms with Gasteiger partial charge in [0.25, 0.3) is 16.0 Å². The van der Waals surface area contributed by atoms with Crippen molar-refractivity contribution >= 4 is 22.2 Å². The van der Waals surface area contributed by atoms with Crippen LogP contribution in [-0.4, -0.2) is 65.7 Å². The van der Waals surface area contributed by atoms with Crippen LogP contribution in [0.1, 0.15) is 12.0 Å². The summed E-state index contributed by atoms with van der Waals surface area (Å²) in [6, 6.07) is 7.07. The number of hydrogen-bond acceptors (Lipinski definition) is 7. The number of nitrogens with one attached hydrogen (secondary N) is 1. The van der Waals surface area contributed by atoms with Crippen molar-refractivity contribution in [2.75, 3.05) is 31.2 Å². The second kappa shape index (κ2) is 11.1. The fourth-order valence-electron chi connectivity index (χ4n) is 2.81. The third-order valence-corrected chi connectivity index (χ3v) is 4.35. The largest absolute Gasteiger partial charge is 0.445 e. The molecule has 2 aromatic rings. The minimum absolute atomic E-state index is 0.00941. The minimum atomic E-state index is -3.67. The van der Waals surface area contributed by atoms with Gasteiger partial charge in [-0.3, -0.25) is 4.55 Å². The quantitative estimate of drug-likeness (QED) is 0.632. The van der Waals surface area contributed by atoms with E-state index < -0.39 is 40.4 Å². The van der Waals surface area contributed by atoms with E-state index in [0.717, 1.165) is 4.90 Å². The molecule has 0 saturated carbocycles. The smallest absolute Gasteiger partial charge is 0.410 e. The average Bonchev–Trinajstić information content (AvgIpc) is 2.71. The van der Waals surface area contributed by atoms with Crippen LogP contribution in [0.2, 0.25) is 0 Å². The molecular weight excluding hydrogens is 453 g/mol. The fourth-order valence-corrected chi connectivity index (χ4v) is 2.81. The summed E-state index contributed by atoms with van der Waals surface area (Å²) < 4.78 is 72.6. The zero-order valence-electron chi connectivity index (χ0n) is 17.1. The highest BCUT2D eigenvalue weighted by Gasteiger charge is 2.46. The maximum atomic E-state index is 14.4. The Balaban J connectivity index is 0.000000654. The Morgan fingerprint density at radius 3 is 2.44 bits per heavy atom. The second-order valence-corrected chi connectivity index (χ2v) is 8.50. The van der Waals surface area contributed by atoms with Crippen LogP contribution < -0.4 is 5.32 Å². The highest BCUT2D eigenvalue weighted by Crippen LogP contribution is 2.33. The van der Waals surface area contributed by atoms with Crippen LogP contribution in [0.25, 0.3) is 0 Å². The SMILES string of the molecule is CS(=O)(=O)O.O=C(OCc1ccc(F)cc1)N1CCC(CNc2ncccn2)C(F)(F)C1. The van der Waals surface area contributed by atoms with Crippen molar-refractivity contribution in [1.82, 2.24) is 14.9 Å². The van der Waals surface area contributed by atoms with Gasteiger partial charge >= 0.3 is 6.09 Å². The van der Waals surface area contributed by atoms with Crippen molar-refractivity contribution in [3.8, 4) is 0 Å². The summed E-state index contributed by atoms with van der Waals surface area (Å²) in [4.78, 5) is 20.9. The maximum Gasteiger partial charge on any atom is 0.410 e. The first-order chi connectivity index (χ1) is 14.9. The Bertz CT molecular complexity index is 970. The number of anilines is 1. The number of amides is 1. The molecule has 1 unspecified atom stereocenters. The first-order valence-electron chi connectivity index (χ1n) is 9.41. The van der Waals surface area contributed by atoms with Crippen LogP contribution in [0.4, 0.5) is 23.9 Å². The van der Waals surface area contributed by atoms with E-state index in [-0.39, 0.29) is 32.1 Å². The summed E-state index contributed by atoms with van der Waals surface area (Å²) in [7, 11) is -3.67. The molecule has 0 radical (unpaired) electrons. The molecule has 0 aliphatic carbocycles. The van der Waals surface area contributed by atoms with Crippen molar-refractivity contribution in [3.63, 3.8) is 0 Å². The van der Waals surface area contributed by atoms with Gasteiger partial charge in [0, 0.05) is 31.4 Å². The molecule has 13 heteroatoms. The Kier molecular flexibility index (Phi) is 8.78. The Labute approximate surface area is 183 Å². The van der Waals surface area contributed by atoms with E-state index in [1.807, 2.05) is 0 Å². The van der Waals surface area contributed by atoms with E-state index in [2.05, 4.69) is 15.3 Å². The molecule has 32 heavy (non-hydrogen) atoms. The number of nitrogens with zero attached hydrogens (tertiary/aromatic N) is 3. The average molecular weight is 476 g/mol. The molecule has 1 aromatic heterocycles. The van der Waals surface area contributed by atoms with Gasteiger partial charge in [0.2, 0.25) is 5.95 Å². The highest BCUT2D eigenvalue weighted by molar-refractivity contribution is 7.85. The lowest BCUT2D eigenvalue weighted by atomic mass is 9.93. The summed E-state index contributed by atoms with van der Waals surface area (Å²) >= 11 is 0. The van der Waals surface area contributed by atoms with E-state index in [4.69, 9.17) is 9.29 Å². The normalized spacial score (nSPS) is 17.7. The van der Waals surface area contributed by atoms with E-state index in [9.17, 15) is 26.4 Å². The van der Waals surface area contributed by atoms with Gasteiger partial charge < -0.3 is 15.0 Å². The van der Waals surface area contributed by atoms with E-state index in [1.165, 1.54) is 36.7 Å². The summed E-state index contributed by atoms with van der Waals surface area (Å²) in [5.41, 5.74) is 0.582. The van der Waals surface area contributed by atoms with Gasteiger partial charge in [-0.1, -0.05) is 12.1 Å². The van der Waals surface area contributed by atoms with Crippen LogP contribution in [-0.2, 0) is 21.5 Å². The molecule has 1 saturated heterocycles. The highest BCUT2D eigenvalue weighted by atomic mass is 32.2. The van der Waals surface area contributed by atoms with E-state index >= 15 is 0 Å². The summed E-state index contributed by atoms with van der Waals surface area (Å²) in [5, 5.41) is 2.80. The molecule has 2 N–H and O–H groups in total. The van der Waals surface area contributed by atoms with Gasteiger partial charge in [-0.2, -0.15) is 8.42 Å². The molecule has 0 bridgehead atoms. The molecule has 1 aliphatic rings. The number of halogens is 3. The Hall–Kier alpha value is -2.93. The van der Waals surface area contributed by atoms with Crippen LogP contribution in [0, 0.1) is 11.7 Å². The van der Waals surface area contributed by atoms with Gasteiger partial charge in [0.05, 0.1) is 12.8 Å². The molecule has 9 nitrogen and oxygen atoms in total. The van der Waals surface area contributed by atoms with Crippen molar-refractivity contribution in [2.45, 2.75) is 19.0 Å². The zero-order valence-corrected chi connectivity index (χ0v) is 17.9. The zero-order chi connectivity index (χ0) is 23.8. The summed E-state index contributed by atoms with van der Waals surface area (Å²) in [5.74, 6) is -4.12. The molecule has 3 rings (SSSR count).